The molecule has 1 atom stereocenters. The van der Waals surface area contributed by atoms with E-state index in [9.17, 15) is 4.79 Å². The monoisotopic (exact) mass is 306 g/mol. The first-order valence-electron chi connectivity index (χ1n) is 7.47. The second kappa shape index (κ2) is 6.48. The molecule has 2 aromatic carbocycles. The van der Waals surface area contributed by atoms with Crippen molar-refractivity contribution >= 4 is 17.0 Å². The minimum atomic E-state index is -0.486. The van der Waals surface area contributed by atoms with Crippen molar-refractivity contribution in [1.29, 1.82) is 0 Å². The number of imidazole rings is 1. The van der Waals surface area contributed by atoms with Gasteiger partial charge in [0.25, 0.3) is 0 Å². The Bertz CT molecular complexity index is 837. The highest BCUT2D eigenvalue weighted by molar-refractivity contribution is 5.85. The number of benzene rings is 2. The minimum Gasteiger partial charge on any atom is -0.467 e. The van der Waals surface area contributed by atoms with Crippen LogP contribution in [0.3, 0.4) is 0 Å². The van der Waals surface area contributed by atoms with E-state index in [-0.39, 0.29) is 5.97 Å². The van der Waals surface area contributed by atoms with E-state index in [2.05, 4.69) is 6.58 Å². The first kappa shape index (κ1) is 15.0. The molecule has 1 aromatic heterocycles. The molecular weight excluding hydrogens is 288 g/mol. The number of hydrogen-bond donors (Lipinski definition) is 0. The third-order valence-electron chi connectivity index (χ3n) is 3.80. The minimum absolute atomic E-state index is 0.301. The maximum absolute atomic E-state index is 12.3. The lowest BCUT2D eigenvalue weighted by atomic mass is 10.1. The van der Waals surface area contributed by atoms with Crippen LogP contribution in [0.15, 0.2) is 67.3 Å². The quantitative estimate of drug-likeness (QED) is 0.529. The van der Waals surface area contributed by atoms with Crippen molar-refractivity contribution in [2.75, 3.05) is 7.11 Å². The molecule has 0 aliphatic heterocycles. The van der Waals surface area contributed by atoms with Crippen molar-refractivity contribution in [3.63, 3.8) is 0 Å². The van der Waals surface area contributed by atoms with Crippen molar-refractivity contribution in [3.8, 4) is 11.4 Å². The average Bonchev–Trinajstić information content (AvgIpc) is 2.99. The van der Waals surface area contributed by atoms with Gasteiger partial charge >= 0.3 is 5.97 Å². The summed E-state index contributed by atoms with van der Waals surface area (Å²) in [5.74, 6) is 0.453. The van der Waals surface area contributed by atoms with Gasteiger partial charge in [0.05, 0.1) is 18.1 Å². The zero-order valence-corrected chi connectivity index (χ0v) is 13.0. The van der Waals surface area contributed by atoms with Crippen LogP contribution in [0.2, 0.25) is 0 Å². The predicted octanol–water partition coefficient (Wildman–Crippen LogP) is 3.99. The number of nitrogens with zero attached hydrogens (tertiary/aromatic N) is 2. The fourth-order valence-corrected chi connectivity index (χ4v) is 2.75. The number of para-hydroxylation sites is 2. The Morgan fingerprint density at radius 1 is 1.22 bits per heavy atom. The summed E-state index contributed by atoms with van der Waals surface area (Å²) < 4.78 is 6.94. The first-order chi connectivity index (χ1) is 11.3. The Hall–Kier alpha value is -2.88. The Kier molecular flexibility index (Phi) is 4.24. The maximum atomic E-state index is 12.3. The van der Waals surface area contributed by atoms with Crippen LogP contribution < -0.4 is 0 Å². The van der Waals surface area contributed by atoms with Gasteiger partial charge in [-0.2, -0.15) is 0 Å². The standard InChI is InChI=1S/C19H18N2O2/c1-3-9-17(19(22)23-2)21-16-13-8-7-12-15(16)20-18(21)14-10-5-4-6-11-14/h3-8,10-13,17H,1,9H2,2H3. The van der Waals surface area contributed by atoms with Crippen LogP contribution in [-0.2, 0) is 9.53 Å². The molecular formula is C19H18N2O2. The Labute approximate surface area is 135 Å². The molecule has 4 nitrogen and oxygen atoms in total. The molecule has 0 radical (unpaired) electrons. The molecule has 3 rings (SSSR count). The lowest BCUT2D eigenvalue weighted by molar-refractivity contribution is -0.144. The molecule has 0 saturated heterocycles. The summed E-state index contributed by atoms with van der Waals surface area (Å²) in [5.41, 5.74) is 2.72. The van der Waals surface area contributed by atoms with Gasteiger partial charge < -0.3 is 9.30 Å². The van der Waals surface area contributed by atoms with Crippen LogP contribution in [0.4, 0.5) is 0 Å². The summed E-state index contributed by atoms with van der Waals surface area (Å²) in [5, 5.41) is 0. The molecule has 4 heteroatoms. The number of aromatic nitrogens is 2. The van der Waals surface area contributed by atoms with E-state index < -0.39 is 6.04 Å². The fourth-order valence-electron chi connectivity index (χ4n) is 2.75. The molecule has 116 valence electrons. The van der Waals surface area contributed by atoms with Crippen LogP contribution in [0.1, 0.15) is 12.5 Å². The number of ether oxygens (including phenoxy) is 1. The number of fused-ring (bicyclic) bond motifs is 1. The molecule has 23 heavy (non-hydrogen) atoms. The smallest absolute Gasteiger partial charge is 0.329 e. The Morgan fingerprint density at radius 3 is 2.61 bits per heavy atom. The van der Waals surface area contributed by atoms with Crippen molar-refractivity contribution in [2.24, 2.45) is 0 Å². The molecule has 3 aromatic rings. The zero-order chi connectivity index (χ0) is 16.2. The molecule has 0 amide bonds. The van der Waals surface area contributed by atoms with Gasteiger partial charge in [-0.25, -0.2) is 9.78 Å². The topological polar surface area (TPSA) is 44.1 Å². The van der Waals surface area contributed by atoms with Crippen molar-refractivity contribution in [2.45, 2.75) is 12.5 Å². The molecule has 0 aliphatic carbocycles. The number of rotatable bonds is 5. The van der Waals surface area contributed by atoms with E-state index >= 15 is 0 Å². The van der Waals surface area contributed by atoms with Gasteiger partial charge in [0, 0.05) is 5.56 Å². The highest BCUT2D eigenvalue weighted by atomic mass is 16.5. The third-order valence-corrected chi connectivity index (χ3v) is 3.80. The summed E-state index contributed by atoms with van der Waals surface area (Å²) in [6.07, 6.45) is 2.21. The zero-order valence-electron chi connectivity index (χ0n) is 13.0. The molecule has 0 fully saturated rings. The first-order valence-corrected chi connectivity index (χ1v) is 7.47. The van der Waals surface area contributed by atoms with E-state index in [4.69, 9.17) is 9.72 Å². The van der Waals surface area contributed by atoms with Gasteiger partial charge in [-0.1, -0.05) is 48.5 Å². The van der Waals surface area contributed by atoms with Crippen LogP contribution in [0.25, 0.3) is 22.4 Å². The number of hydrogen-bond acceptors (Lipinski definition) is 3. The summed E-state index contributed by atoms with van der Waals surface area (Å²) in [4.78, 5) is 17.0. The van der Waals surface area contributed by atoms with Crippen molar-refractivity contribution in [1.82, 2.24) is 9.55 Å². The Morgan fingerprint density at radius 2 is 1.91 bits per heavy atom. The molecule has 0 aliphatic rings. The summed E-state index contributed by atoms with van der Waals surface area (Å²) in [6, 6.07) is 17.2. The third kappa shape index (κ3) is 2.75. The van der Waals surface area contributed by atoms with Gasteiger partial charge in [-0.15, -0.1) is 6.58 Å². The highest BCUT2D eigenvalue weighted by Gasteiger charge is 2.25. The summed E-state index contributed by atoms with van der Waals surface area (Å²) >= 11 is 0. The van der Waals surface area contributed by atoms with Gasteiger partial charge in [0.2, 0.25) is 0 Å². The SMILES string of the molecule is C=CCC(C(=O)OC)n1c(-c2ccccc2)nc2ccccc21. The van der Waals surface area contributed by atoms with Gasteiger partial charge in [-0.05, 0) is 18.6 Å². The van der Waals surface area contributed by atoms with Crippen molar-refractivity contribution < 1.29 is 9.53 Å². The summed E-state index contributed by atoms with van der Waals surface area (Å²) in [7, 11) is 1.40. The summed E-state index contributed by atoms with van der Waals surface area (Å²) in [6.45, 7) is 3.77. The van der Waals surface area contributed by atoms with Crippen LogP contribution >= 0.6 is 0 Å². The van der Waals surface area contributed by atoms with E-state index in [0.717, 1.165) is 22.4 Å². The normalized spacial score (nSPS) is 12.0. The van der Waals surface area contributed by atoms with Crippen LogP contribution in [-0.4, -0.2) is 22.6 Å². The second-order valence-corrected chi connectivity index (χ2v) is 5.22. The Balaban J connectivity index is 2.28. The number of methoxy groups -OCH3 is 1. The second-order valence-electron chi connectivity index (χ2n) is 5.22. The molecule has 0 spiro atoms. The molecule has 0 saturated carbocycles. The van der Waals surface area contributed by atoms with E-state index in [0.29, 0.717) is 6.42 Å². The van der Waals surface area contributed by atoms with Crippen LogP contribution in [0.5, 0.6) is 0 Å². The number of allylic oxidation sites excluding steroid dienone is 1. The molecule has 1 unspecified atom stereocenters. The van der Waals surface area contributed by atoms with Gasteiger partial charge in [0.1, 0.15) is 11.9 Å². The largest absolute Gasteiger partial charge is 0.467 e. The molecule has 1 heterocycles. The van der Waals surface area contributed by atoms with Gasteiger partial charge in [0.15, 0.2) is 0 Å². The number of carbonyl (C=O) groups is 1. The predicted molar refractivity (Wildman–Crippen MR) is 91.0 cm³/mol. The van der Waals surface area contributed by atoms with E-state index in [1.807, 2.05) is 59.2 Å². The van der Waals surface area contributed by atoms with E-state index in [1.165, 1.54) is 7.11 Å². The highest BCUT2D eigenvalue weighted by Crippen LogP contribution is 2.30. The van der Waals surface area contributed by atoms with Crippen molar-refractivity contribution in [3.05, 3.63) is 67.3 Å². The maximum Gasteiger partial charge on any atom is 0.329 e. The molecule has 0 bridgehead atoms. The lowest BCUT2D eigenvalue weighted by Gasteiger charge is -2.18. The number of esters is 1. The molecule has 0 N–H and O–H groups in total. The fraction of sp³-hybridized carbons (Fsp3) is 0.158. The van der Waals surface area contributed by atoms with Gasteiger partial charge in [-0.3, -0.25) is 0 Å². The average molecular weight is 306 g/mol. The lowest BCUT2D eigenvalue weighted by Crippen LogP contribution is -2.21. The van der Waals surface area contributed by atoms with Crippen LogP contribution in [0, 0.1) is 0 Å². The van der Waals surface area contributed by atoms with E-state index in [1.54, 1.807) is 6.08 Å². The number of carbonyl (C=O) groups excluding carboxylic acids is 1.